The third-order valence-corrected chi connectivity index (χ3v) is 1.76. The Morgan fingerprint density at radius 3 is 2.69 bits per heavy atom. The molecule has 1 rings (SSSR count). The van der Waals surface area contributed by atoms with Crippen LogP contribution in [0, 0.1) is 0 Å². The highest BCUT2D eigenvalue weighted by Crippen LogP contribution is 1.91. The number of hydrogen-bond donors (Lipinski definition) is 2. The van der Waals surface area contributed by atoms with Gasteiger partial charge in [0.15, 0.2) is 0 Å². The molecule has 0 fully saturated rings. The first-order chi connectivity index (χ1) is 6.07. The van der Waals surface area contributed by atoms with E-state index in [4.69, 9.17) is 10.8 Å². The van der Waals surface area contributed by atoms with Crippen molar-refractivity contribution in [2.45, 2.75) is 6.54 Å². The molecule has 0 bridgehead atoms. The van der Waals surface area contributed by atoms with Crippen molar-refractivity contribution in [3.8, 4) is 0 Å². The Hall–Kier alpha value is -1.56. The van der Waals surface area contributed by atoms with Crippen LogP contribution in [0.15, 0.2) is 15.7 Å². The van der Waals surface area contributed by atoms with Crippen LogP contribution in [0.3, 0.4) is 0 Å². The summed E-state index contributed by atoms with van der Waals surface area (Å²) in [7, 11) is 1.36. The molecule has 0 aromatic carbocycles. The van der Waals surface area contributed by atoms with Crippen molar-refractivity contribution in [1.29, 1.82) is 0 Å². The lowest BCUT2D eigenvalue weighted by Crippen LogP contribution is -2.39. The summed E-state index contributed by atoms with van der Waals surface area (Å²) in [5.41, 5.74) is 4.45. The van der Waals surface area contributed by atoms with Gasteiger partial charge in [-0.3, -0.25) is 13.9 Å². The van der Waals surface area contributed by atoms with E-state index in [1.165, 1.54) is 7.05 Å². The zero-order chi connectivity index (χ0) is 10.0. The highest BCUT2D eigenvalue weighted by Gasteiger charge is 2.04. The van der Waals surface area contributed by atoms with Crippen LogP contribution in [0.4, 0.5) is 5.82 Å². The molecule has 0 saturated heterocycles. The van der Waals surface area contributed by atoms with E-state index in [9.17, 15) is 9.59 Å². The van der Waals surface area contributed by atoms with Gasteiger partial charge in [0.05, 0.1) is 13.2 Å². The van der Waals surface area contributed by atoms with Crippen molar-refractivity contribution in [3.63, 3.8) is 0 Å². The van der Waals surface area contributed by atoms with Gasteiger partial charge in [0, 0.05) is 13.1 Å². The first-order valence-electron chi connectivity index (χ1n) is 3.75. The molecule has 0 aliphatic rings. The lowest BCUT2D eigenvalue weighted by Gasteiger charge is -2.08. The second kappa shape index (κ2) is 3.44. The van der Waals surface area contributed by atoms with Crippen LogP contribution in [0.5, 0.6) is 0 Å². The largest absolute Gasteiger partial charge is 0.395 e. The van der Waals surface area contributed by atoms with E-state index in [2.05, 4.69) is 0 Å². The first-order valence-corrected chi connectivity index (χ1v) is 3.75. The molecule has 0 atom stereocenters. The maximum Gasteiger partial charge on any atom is 0.332 e. The van der Waals surface area contributed by atoms with Gasteiger partial charge in [-0.25, -0.2) is 4.79 Å². The van der Waals surface area contributed by atoms with Gasteiger partial charge in [0.25, 0.3) is 5.56 Å². The third-order valence-electron chi connectivity index (χ3n) is 1.76. The average molecular weight is 185 g/mol. The maximum absolute atomic E-state index is 11.3. The zero-order valence-corrected chi connectivity index (χ0v) is 7.23. The van der Waals surface area contributed by atoms with E-state index in [1.807, 2.05) is 0 Å². The Bertz CT molecular complexity index is 418. The summed E-state index contributed by atoms with van der Waals surface area (Å²) >= 11 is 0. The highest BCUT2D eigenvalue weighted by molar-refractivity contribution is 5.26. The quantitative estimate of drug-likeness (QED) is 0.564. The van der Waals surface area contributed by atoms with Crippen LogP contribution in [0.1, 0.15) is 0 Å². The molecule has 13 heavy (non-hydrogen) atoms. The molecule has 6 heteroatoms. The number of nitrogen functional groups attached to an aromatic ring is 1. The normalized spacial score (nSPS) is 10.3. The molecule has 0 unspecified atom stereocenters. The molecule has 1 aromatic rings. The zero-order valence-electron chi connectivity index (χ0n) is 7.23. The van der Waals surface area contributed by atoms with Crippen LogP contribution in [0.25, 0.3) is 0 Å². The monoisotopic (exact) mass is 185 g/mol. The fraction of sp³-hybridized carbons (Fsp3) is 0.429. The van der Waals surface area contributed by atoms with Crippen LogP contribution >= 0.6 is 0 Å². The van der Waals surface area contributed by atoms with E-state index in [0.717, 1.165) is 15.2 Å². The summed E-state index contributed by atoms with van der Waals surface area (Å²) in [6.07, 6.45) is 0. The summed E-state index contributed by atoms with van der Waals surface area (Å²) in [6, 6.07) is 1.15. The van der Waals surface area contributed by atoms with Crippen molar-refractivity contribution >= 4 is 5.82 Å². The molecule has 1 aromatic heterocycles. The van der Waals surface area contributed by atoms with Crippen molar-refractivity contribution < 1.29 is 5.11 Å². The third kappa shape index (κ3) is 1.62. The highest BCUT2D eigenvalue weighted by atomic mass is 16.3. The minimum Gasteiger partial charge on any atom is -0.395 e. The van der Waals surface area contributed by atoms with E-state index >= 15 is 0 Å². The smallest absolute Gasteiger partial charge is 0.332 e. The number of rotatable bonds is 2. The SMILES string of the molecule is Cn1c(=O)cc(N)n(CCO)c1=O. The van der Waals surface area contributed by atoms with Gasteiger partial charge < -0.3 is 10.8 Å². The Morgan fingerprint density at radius 2 is 2.15 bits per heavy atom. The number of aromatic nitrogens is 2. The van der Waals surface area contributed by atoms with Gasteiger partial charge in [-0.1, -0.05) is 0 Å². The van der Waals surface area contributed by atoms with E-state index < -0.39 is 11.2 Å². The van der Waals surface area contributed by atoms with E-state index in [-0.39, 0.29) is 19.0 Å². The Labute approximate surface area is 73.8 Å². The number of hydrogen-bond acceptors (Lipinski definition) is 4. The summed E-state index contributed by atoms with van der Waals surface area (Å²) < 4.78 is 2.08. The minimum atomic E-state index is -0.515. The van der Waals surface area contributed by atoms with Crippen molar-refractivity contribution in [1.82, 2.24) is 9.13 Å². The summed E-state index contributed by atoms with van der Waals surface area (Å²) in [5, 5.41) is 8.63. The molecule has 0 saturated carbocycles. The Morgan fingerprint density at radius 1 is 1.54 bits per heavy atom. The summed E-state index contributed by atoms with van der Waals surface area (Å²) in [4.78, 5) is 22.4. The van der Waals surface area contributed by atoms with Crippen LogP contribution < -0.4 is 17.0 Å². The van der Waals surface area contributed by atoms with Crippen molar-refractivity contribution in [2.24, 2.45) is 7.05 Å². The van der Waals surface area contributed by atoms with Crippen LogP contribution in [-0.2, 0) is 13.6 Å². The lowest BCUT2D eigenvalue weighted by molar-refractivity contribution is 0.273. The van der Waals surface area contributed by atoms with Gasteiger partial charge >= 0.3 is 5.69 Å². The van der Waals surface area contributed by atoms with Crippen LogP contribution in [0.2, 0.25) is 0 Å². The Balaban J connectivity index is 3.44. The minimum absolute atomic E-state index is 0.0714. The number of aliphatic hydroxyl groups is 1. The summed E-state index contributed by atoms with van der Waals surface area (Å²) in [5.74, 6) is 0.0714. The van der Waals surface area contributed by atoms with Gasteiger partial charge in [0.2, 0.25) is 0 Å². The molecule has 3 N–H and O–H groups in total. The number of nitrogens with two attached hydrogens (primary N) is 1. The Kier molecular flexibility index (Phi) is 2.52. The summed E-state index contributed by atoms with van der Waals surface area (Å²) in [6.45, 7) is -0.0961. The van der Waals surface area contributed by atoms with Gasteiger partial charge in [0.1, 0.15) is 5.82 Å². The molecule has 0 amide bonds. The fourth-order valence-corrected chi connectivity index (χ4v) is 1.01. The van der Waals surface area contributed by atoms with Crippen molar-refractivity contribution in [2.75, 3.05) is 12.3 Å². The van der Waals surface area contributed by atoms with E-state index in [1.54, 1.807) is 0 Å². The topological polar surface area (TPSA) is 90.2 Å². The average Bonchev–Trinajstić information content (AvgIpc) is 2.09. The second-order valence-corrected chi connectivity index (χ2v) is 2.62. The number of aliphatic hydroxyl groups excluding tert-OH is 1. The molecule has 0 spiro atoms. The molecule has 1 heterocycles. The predicted octanol–water partition coefficient (Wildman–Crippen LogP) is -1.88. The molecular formula is C7H11N3O3. The molecule has 0 aliphatic heterocycles. The van der Waals surface area contributed by atoms with Gasteiger partial charge in [-0.05, 0) is 0 Å². The lowest BCUT2D eigenvalue weighted by atomic mass is 10.5. The van der Waals surface area contributed by atoms with Gasteiger partial charge in [-0.15, -0.1) is 0 Å². The molecular weight excluding hydrogens is 174 g/mol. The maximum atomic E-state index is 11.3. The number of nitrogens with zero attached hydrogens (tertiary/aromatic N) is 2. The molecule has 6 nitrogen and oxygen atoms in total. The standard InChI is InChI=1S/C7H11N3O3/c1-9-6(12)4-5(8)10(2-3-11)7(9)13/h4,11H,2-3,8H2,1H3. The fourth-order valence-electron chi connectivity index (χ4n) is 1.01. The van der Waals surface area contributed by atoms with Gasteiger partial charge in [-0.2, -0.15) is 0 Å². The van der Waals surface area contributed by atoms with E-state index in [0.29, 0.717) is 0 Å². The van der Waals surface area contributed by atoms with Crippen molar-refractivity contribution in [3.05, 3.63) is 26.9 Å². The van der Waals surface area contributed by atoms with Crippen LogP contribution in [-0.4, -0.2) is 20.8 Å². The molecule has 0 radical (unpaired) electrons. The molecule has 0 aliphatic carbocycles. The second-order valence-electron chi connectivity index (χ2n) is 2.62. The molecule has 72 valence electrons. The number of anilines is 1. The first kappa shape index (κ1) is 9.53. The predicted molar refractivity (Wildman–Crippen MR) is 47.4 cm³/mol.